The molecule has 2 aromatic carbocycles. The van der Waals surface area contributed by atoms with E-state index in [9.17, 15) is 4.39 Å². The molecule has 17 heavy (non-hydrogen) atoms. The fourth-order valence-electron chi connectivity index (χ4n) is 1.38. The maximum absolute atomic E-state index is 13.4. The molecule has 2 nitrogen and oxygen atoms in total. The third-order valence-electron chi connectivity index (χ3n) is 2.22. The second-order valence-electron chi connectivity index (χ2n) is 3.44. The largest absolute Gasteiger partial charge is 0.355 e. The predicted octanol–water partition coefficient (Wildman–Crippen LogP) is 4.05. The lowest BCUT2D eigenvalue weighted by molar-refractivity contribution is 0.624. The minimum atomic E-state index is -0.511. The van der Waals surface area contributed by atoms with Gasteiger partial charge >= 0.3 is 0 Å². The van der Waals surface area contributed by atoms with Crippen molar-refractivity contribution in [2.75, 3.05) is 5.32 Å². The summed E-state index contributed by atoms with van der Waals surface area (Å²) >= 11 is 2.22. The molecule has 4 heteroatoms. The molecule has 0 saturated carbocycles. The van der Waals surface area contributed by atoms with Crippen LogP contribution in [0.15, 0.2) is 42.5 Å². The molecule has 0 aliphatic rings. The lowest BCUT2D eigenvalue weighted by atomic mass is 10.2. The van der Waals surface area contributed by atoms with Crippen LogP contribution < -0.4 is 5.32 Å². The van der Waals surface area contributed by atoms with Crippen LogP contribution in [-0.2, 0) is 0 Å². The molecule has 84 valence electrons. The van der Waals surface area contributed by atoms with Gasteiger partial charge in [-0.05, 0) is 65.1 Å². The Hall–Kier alpha value is -1.61. The SMILES string of the molecule is N#Cc1ccc(Nc2ccc(I)cc2)cc1F. The molecule has 0 aromatic heterocycles. The Morgan fingerprint density at radius 1 is 1.06 bits per heavy atom. The van der Waals surface area contributed by atoms with Crippen molar-refractivity contribution in [3.8, 4) is 6.07 Å². The van der Waals surface area contributed by atoms with Crippen LogP contribution in [0.25, 0.3) is 0 Å². The third kappa shape index (κ3) is 2.94. The first-order valence-electron chi connectivity index (χ1n) is 4.91. The highest BCUT2D eigenvalue weighted by molar-refractivity contribution is 14.1. The Labute approximate surface area is 112 Å². The molecular formula is C13H8FIN2. The van der Waals surface area contributed by atoms with Crippen molar-refractivity contribution in [3.05, 3.63) is 57.4 Å². The number of anilines is 2. The second kappa shape index (κ2) is 5.15. The van der Waals surface area contributed by atoms with Gasteiger partial charge in [0, 0.05) is 14.9 Å². The zero-order chi connectivity index (χ0) is 12.3. The van der Waals surface area contributed by atoms with E-state index in [-0.39, 0.29) is 5.56 Å². The highest BCUT2D eigenvalue weighted by Crippen LogP contribution is 2.20. The van der Waals surface area contributed by atoms with Crippen molar-refractivity contribution < 1.29 is 4.39 Å². The van der Waals surface area contributed by atoms with E-state index >= 15 is 0 Å². The highest BCUT2D eigenvalue weighted by atomic mass is 127. The van der Waals surface area contributed by atoms with E-state index in [0.717, 1.165) is 9.26 Å². The predicted molar refractivity (Wildman–Crippen MR) is 73.6 cm³/mol. The van der Waals surface area contributed by atoms with Gasteiger partial charge in [0.15, 0.2) is 0 Å². The highest BCUT2D eigenvalue weighted by Gasteiger charge is 2.02. The maximum Gasteiger partial charge on any atom is 0.143 e. The summed E-state index contributed by atoms with van der Waals surface area (Å²) < 4.78 is 14.5. The standard InChI is InChI=1S/C13H8FIN2/c14-13-7-12(4-1-9(13)8-16)17-11-5-2-10(15)3-6-11/h1-7,17H. The van der Waals surface area contributed by atoms with Crippen LogP contribution in [0.3, 0.4) is 0 Å². The van der Waals surface area contributed by atoms with E-state index in [1.807, 2.05) is 24.3 Å². The summed E-state index contributed by atoms with van der Waals surface area (Å²) in [5.41, 5.74) is 1.57. The molecule has 0 aliphatic carbocycles. The van der Waals surface area contributed by atoms with Gasteiger partial charge in [-0.25, -0.2) is 4.39 Å². The van der Waals surface area contributed by atoms with E-state index in [1.54, 1.807) is 12.1 Å². The van der Waals surface area contributed by atoms with Gasteiger partial charge in [0.25, 0.3) is 0 Å². The number of hydrogen-bond donors (Lipinski definition) is 1. The molecule has 2 rings (SSSR count). The van der Waals surface area contributed by atoms with E-state index < -0.39 is 5.82 Å². The fraction of sp³-hybridized carbons (Fsp3) is 0. The smallest absolute Gasteiger partial charge is 0.143 e. The van der Waals surface area contributed by atoms with Crippen LogP contribution >= 0.6 is 22.6 Å². The van der Waals surface area contributed by atoms with Crippen LogP contribution in [0, 0.1) is 20.7 Å². The quantitative estimate of drug-likeness (QED) is 0.839. The summed E-state index contributed by atoms with van der Waals surface area (Å²) in [5, 5.41) is 11.7. The van der Waals surface area contributed by atoms with Gasteiger partial charge in [0.1, 0.15) is 11.9 Å². The fourth-order valence-corrected chi connectivity index (χ4v) is 1.74. The number of halogens is 2. The zero-order valence-corrected chi connectivity index (χ0v) is 10.9. The average Bonchev–Trinajstić information content (AvgIpc) is 2.32. The van der Waals surface area contributed by atoms with Gasteiger partial charge < -0.3 is 5.32 Å². The number of nitriles is 1. The van der Waals surface area contributed by atoms with Crippen LogP contribution in [-0.4, -0.2) is 0 Å². The molecule has 0 aliphatic heterocycles. The number of benzene rings is 2. The number of hydrogen-bond acceptors (Lipinski definition) is 2. The van der Waals surface area contributed by atoms with Crippen LogP contribution in [0.2, 0.25) is 0 Å². The first kappa shape index (κ1) is 11.9. The van der Waals surface area contributed by atoms with Crippen molar-refractivity contribution in [2.24, 2.45) is 0 Å². The normalized spacial score (nSPS) is 9.71. The van der Waals surface area contributed by atoms with Crippen molar-refractivity contribution in [1.82, 2.24) is 0 Å². The van der Waals surface area contributed by atoms with Crippen LogP contribution in [0.1, 0.15) is 5.56 Å². The second-order valence-corrected chi connectivity index (χ2v) is 4.68. The lowest BCUT2D eigenvalue weighted by Gasteiger charge is -2.06. The van der Waals surface area contributed by atoms with Gasteiger partial charge in [-0.2, -0.15) is 5.26 Å². The summed E-state index contributed by atoms with van der Waals surface area (Å²) in [6.45, 7) is 0. The number of nitrogens with zero attached hydrogens (tertiary/aromatic N) is 1. The first-order chi connectivity index (χ1) is 8.19. The topological polar surface area (TPSA) is 35.8 Å². The molecule has 1 N–H and O–H groups in total. The van der Waals surface area contributed by atoms with Gasteiger partial charge in [0.05, 0.1) is 5.56 Å². The Morgan fingerprint density at radius 2 is 1.71 bits per heavy atom. The zero-order valence-electron chi connectivity index (χ0n) is 8.74. The van der Waals surface area contributed by atoms with Gasteiger partial charge in [-0.15, -0.1) is 0 Å². The molecule has 0 saturated heterocycles. The molecule has 0 bridgehead atoms. The Bertz CT molecular complexity index is 573. The minimum absolute atomic E-state index is 0.0539. The molecule has 0 heterocycles. The molecule has 0 atom stereocenters. The van der Waals surface area contributed by atoms with Crippen LogP contribution in [0.4, 0.5) is 15.8 Å². The number of nitrogens with one attached hydrogen (secondary N) is 1. The molecule has 0 spiro atoms. The van der Waals surface area contributed by atoms with E-state index in [2.05, 4.69) is 27.9 Å². The van der Waals surface area contributed by atoms with Crippen molar-refractivity contribution in [3.63, 3.8) is 0 Å². The van der Waals surface area contributed by atoms with E-state index in [1.165, 1.54) is 12.1 Å². The molecule has 0 fully saturated rings. The van der Waals surface area contributed by atoms with E-state index in [0.29, 0.717) is 5.69 Å². The minimum Gasteiger partial charge on any atom is -0.355 e. The van der Waals surface area contributed by atoms with E-state index in [4.69, 9.17) is 5.26 Å². The Morgan fingerprint density at radius 3 is 2.29 bits per heavy atom. The average molecular weight is 338 g/mol. The Balaban J connectivity index is 2.22. The molecular weight excluding hydrogens is 330 g/mol. The summed E-state index contributed by atoms with van der Waals surface area (Å²) in [4.78, 5) is 0. The summed E-state index contributed by atoms with van der Waals surface area (Å²) in [7, 11) is 0. The molecule has 0 amide bonds. The summed E-state index contributed by atoms with van der Waals surface area (Å²) in [5.74, 6) is -0.511. The van der Waals surface area contributed by atoms with Crippen molar-refractivity contribution >= 4 is 34.0 Å². The summed E-state index contributed by atoms with van der Waals surface area (Å²) in [6.07, 6.45) is 0. The van der Waals surface area contributed by atoms with Crippen LogP contribution in [0.5, 0.6) is 0 Å². The summed E-state index contributed by atoms with van der Waals surface area (Å²) in [6, 6.07) is 14.0. The van der Waals surface area contributed by atoms with Gasteiger partial charge in [-0.1, -0.05) is 0 Å². The Kier molecular flexibility index (Phi) is 3.59. The van der Waals surface area contributed by atoms with Gasteiger partial charge in [-0.3, -0.25) is 0 Å². The van der Waals surface area contributed by atoms with Gasteiger partial charge in [0.2, 0.25) is 0 Å². The number of rotatable bonds is 2. The monoisotopic (exact) mass is 338 g/mol. The third-order valence-corrected chi connectivity index (χ3v) is 2.94. The maximum atomic E-state index is 13.4. The molecule has 2 aromatic rings. The van der Waals surface area contributed by atoms with Crippen molar-refractivity contribution in [2.45, 2.75) is 0 Å². The molecule has 0 unspecified atom stereocenters. The first-order valence-corrected chi connectivity index (χ1v) is 5.99. The molecule has 0 radical (unpaired) electrons. The van der Waals surface area contributed by atoms with Crippen molar-refractivity contribution in [1.29, 1.82) is 5.26 Å². The lowest BCUT2D eigenvalue weighted by Crippen LogP contribution is -1.92.